The molecule has 2 heterocycles. The molecule has 19 amide bonds. The van der Waals surface area contributed by atoms with E-state index in [1.165, 1.54) is 164 Å². The van der Waals surface area contributed by atoms with E-state index < -0.39 is 217 Å². The number of carbonyl (C=O) groups excluding carboxylic acids is 19. The molecule has 3 rings (SSSR count). The molecule has 137 heavy (non-hydrogen) atoms. The first-order valence-electron chi connectivity index (χ1n) is 45.8. The third kappa shape index (κ3) is 42.5. The van der Waals surface area contributed by atoms with Crippen LogP contribution in [0, 0.1) is 0 Å². The summed E-state index contributed by atoms with van der Waals surface area (Å²) in [5.74, 6) is -12.9. The van der Waals surface area contributed by atoms with Gasteiger partial charge in [0, 0.05) is 35.7 Å². The number of nitrogens with one attached hydrogen (secondary N) is 19. The highest BCUT2D eigenvalue weighted by Gasteiger charge is 2.44. The zero-order valence-electron chi connectivity index (χ0n) is 84.4. The number of hydrogen-bond acceptors (Lipinski definition) is 28. The van der Waals surface area contributed by atoms with E-state index in [0.717, 1.165) is 25.7 Å². The van der Waals surface area contributed by atoms with E-state index in [2.05, 4.69) is 101 Å². The number of carbonyl (C=O) groups is 19. The van der Waals surface area contributed by atoms with Crippen LogP contribution in [0.3, 0.4) is 0 Å². The van der Waals surface area contributed by atoms with Crippen LogP contribution < -0.4 is 110 Å². The number of ether oxygens (including phenoxy) is 7. The quantitative estimate of drug-likeness (QED) is 0.0306. The molecule has 1 aromatic carbocycles. The minimum absolute atomic E-state index is 0.126. The molecule has 2 aliphatic heterocycles. The molecule has 1 unspecified atom stereocenters. The molecule has 10 atom stereocenters. The Labute approximate surface area is 810 Å². The lowest BCUT2D eigenvalue weighted by Gasteiger charge is -2.32. The van der Waals surface area contributed by atoms with Crippen LogP contribution in [0.4, 0.5) is 10.5 Å². The van der Waals surface area contributed by atoms with Crippen LogP contribution in [0.5, 0.6) is 11.5 Å². The van der Waals surface area contributed by atoms with Crippen molar-refractivity contribution in [1.82, 2.24) is 95.7 Å². The predicted octanol–water partition coefficient (Wildman–Crippen LogP) is 0.163. The van der Waals surface area contributed by atoms with Crippen molar-refractivity contribution >= 4 is 140 Å². The summed E-state index contributed by atoms with van der Waals surface area (Å²) >= 11 is 0. The molecular weight excluding hydrogens is 1830 g/mol. The first-order chi connectivity index (χ1) is 63.2. The van der Waals surface area contributed by atoms with Gasteiger partial charge in [0.2, 0.25) is 106 Å². The van der Waals surface area contributed by atoms with Gasteiger partial charge in [0.1, 0.15) is 118 Å². The van der Waals surface area contributed by atoms with Gasteiger partial charge in [-0.1, -0.05) is 34.4 Å². The SMILES string of the molecule is C[C@H](NC(=O)[C@H](CCC(=O)Nc1ccc2c(c1)OCCOCCOCCOCCOCCO2)NC(=O)OC(C)(C)C)C(=O)NC(C)(C)C(=O)N[C@@H](C)C(=O)NC(C)(C)C(=O)N[C@@H](C)C(=O)NC(C)(C)C(=O)N[C@@H](C)C(=O)NC(C)(C)C(=O)N[C@@H](C)C(=O)NC(C)(C)C(=O)N[C@@H](C)C(=O)NC(C)(C)C(=O)N[C@@H](C)C(=O)NC(C)(C)C(=O)N[C@@H](C)C(=O)NC(C)(C)C(=O)NCCCCCC1CCSS1. The molecule has 2 aliphatic rings. The fraction of sp³-hybridized carbons (Fsp3) is 0.722. The number of anilines is 1. The van der Waals surface area contributed by atoms with Crippen LogP contribution in [0.2, 0.25) is 0 Å². The minimum Gasteiger partial charge on any atom is -0.487 e. The normalized spacial score (nSPS) is 16.6. The first kappa shape index (κ1) is 120. The monoisotopic (exact) mass is 1980 g/mol. The Hall–Kier alpha value is -10.9. The van der Waals surface area contributed by atoms with Crippen molar-refractivity contribution in [3.05, 3.63) is 18.2 Å². The van der Waals surface area contributed by atoms with Gasteiger partial charge in [0.15, 0.2) is 11.5 Å². The van der Waals surface area contributed by atoms with Gasteiger partial charge in [-0.25, -0.2) is 4.79 Å². The Bertz CT molecular complexity index is 4400. The van der Waals surface area contributed by atoms with Crippen molar-refractivity contribution in [3.8, 4) is 11.5 Å². The van der Waals surface area contributed by atoms with E-state index in [1.54, 1.807) is 52.8 Å². The van der Waals surface area contributed by atoms with E-state index in [9.17, 15) is 91.1 Å². The smallest absolute Gasteiger partial charge is 0.408 e. The molecule has 19 N–H and O–H groups in total. The van der Waals surface area contributed by atoms with Gasteiger partial charge >= 0.3 is 6.09 Å². The first-order valence-corrected chi connectivity index (χ1v) is 48.1. The van der Waals surface area contributed by atoms with E-state index in [1.807, 2.05) is 21.6 Å². The topological polar surface area (TPSA) is 618 Å². The number of unbranched alkanes of at least 4 members (excludes halogenated alkanes) is 2. The summed E-state index contributed by atoms with van der Waals surface area (Å²) < 4.78 is 39.4. The number of alkyl carbamates (subject to hydrolysis) is 1. The summed E-state index contributed by atoms with van der Waals surface area (Å²) in [5.41, 5.74) is -14.2. The number of rotatable bonds is 44. The third-order valence-electron chi connectivity index (χ3n) is 21.2. The number of fused-ring (bicyclic) bond motifs is 1. The molecule has 0 aromatic heterocycles. The van der Waals surface area contributed by atoms with Crippen LogP contribution in [0.1, 0.15) is 232 Å². The van der Waals surface area contributed by atoms with Crippen molar-refractivity contribution in [2.24, 2.45) is 0 Å². The lowest BCUT2D eigenvalue weighted by Crippen LogP contribution is -2.65. The fourth-order valence-electron chi connectivity index (χ4n) is 12.1. The van der Waals surface area contributed by atoms with Crippen molar-refractivity contribution in [3.63, 3.8) is 0 Å². The maximum Gasteiger partial charge on any atom is 0.408 e. The van der Waals surface area contributed by atoms with E-state index in [0.29, 0.717) is 62.9 Å². The number of hydrogen-bond donors (Lipinski definition) is 19. The Balaban J connectivity index is 1.48. The summed E-state index contributed by atoms with van der Waals surface area (Å²) in [5, 5.41) is 48.8. The molecule has 0 aliphatic carbocycles. The van der Waals surface area contributed by atoms with Gasteiger partial charge in [0.25, 0.3) is 0 Å². The van der Waals surface area contributed by atoms with Gasteiger partial charge < -0.3 is 134 Å². The maximum atomic E-state index is 13.9. The highest BCUT2D eigenvalue weighted by atomic mass is 33.1. The average Bonchev–Trinajstić information content (AvgIpc) is 1.31. The number of benzene rings is 1. The Kier molecular flexibility index (Phi) is 47.3. The van der Waals surface area contributed by atoms with E-state index >= 15 is 0 Å². The standard InChI is InChI=1S/C90H151N19O26S2/c1-50(92-72(119)60(101-81(128)135-82(9,10)11)33-35-63(110)100-58-32-34-61-62(49-58)134-47-45-132-43-41-130-39-38-129-40-42-131-44-46-133-61)64(111)103-84(14,15)74(121)94-52(3)66(113)105-86(18,19)76(123)96-54(5)68(115)107-88(22,23)78(125)98-56(7)70(117)109-90(26,27)80(127)99-57(8)71(118)108-89(24,25)79(126)97-55(6)69(116)106-87(20,21)77(124)95-53(4)67(114)104-85(16,17)75(122)93-51(2)65(112)102-83(12,13)73(120)91-37-30-28-29-31-59-36-48-136-137-59/h32,34,49-57,59-60H,28-31,33,35-48H2,1-27H3,(H,91,120)(H,92,119)(H,93,122)(H,94,121)(H,95,124)(H,96,123)(H,97,126)(H,98,125)(H,99,127)(H,100,110)(H,101,128)(H,102,112)(H,103,111)(H,104,114)(H,105,113)(H,106,116)(H,107,115)(H,108,118)(H,109,117)/t50-,51-,52-,53-,54-,55-,56-,57-,59?,60-/m0/s1. The average molecular weight is 1980 g/mol. The molecule has 0 spiro atoms. The number of amides is 19. The molecule has 0 bridgehead atoms. The fourth-order valence-corrected chi connectivity index (χ4v) is 15.2. The molecule has 0 saturated carbocycles. The Morgan fingerprint density at radius 3 is 0.920 bits per heavy atom. The van der Waals surface area contributed by atoms with E-state index in [-0.39, 0.29) is 45.0 Å². The zero-order valence-corrected chi connectivity index (χ0v) is 86.0. The second-order valence-corrected chi connectivity index (χ2v) is 41.8. The molecule has 1 aromatic rings. The van der Waals surface area contributed by atoms with Crippen molar-refractivity contribution < 1.29 is 124 Å². The molecule has 774 valence electrons. The van der Waals surface area contributed by atoms with Gasteiger partial charge in [-0.05, 0) is 225 Å². The van der Waals surface area contributed by atoms with Crippen LogP contribution >= 0.6 is 21.6 Å². The summed E-state index contributed by atoms with van der Waals surface area (Å²) in [4.78, 5) is 257. The summed E-state index contributed by atoms with van der Waals surface area (Å²) in [6.07, 6.45) is 3.53. The lowest BCUT2D eigenvalue weighted by atomic mass is 10.0. The molecule has 1 saturated heterocycles. The second kappa shape index (κ2) is 53.9. The van der Waals surface area contributed by atoms with Crippen LogP contribution in [0.25, 0.3) is 0 Å². The molecular formula is C90H151N19O26S2. The Morgan fingerprint density at radius 2 is 0.628 bits per heavy atom. The molecule has 0 radical (unpaired) electrons. The molecule has 1 fully saturated rings. The molecule has 47 heteroatoms. The highest BCUT2D eigenvalue weighted by Crippen LogP contribution is 2.40. The van der Waals surface area contributed by atoms with Crippen LogP contribution in [0.15, 0.2) is 18.2 Å². The largest absolute Gasteiger partial charge is 0.487 e. The van der Waals surface area contributed by atoms with Crippen molar-refractivity contribution in [2.75, 3.05) is 83.7 Å². The van der Waals surface area contributed by atoms with Crippen LogP contribution in [-0.2, 0) is 110 Å². The predicted molar refractivity (Wildman–Crippen MR) is 510 cm³/mol. The molecule has 45 nitrogen and oxygen atoms in total. The third-order valence-corrected chi connectivity index (χ3v) is 24.2. The Morgan fingerprint density at radius 1 is 0.343 bits per heavy atom. The van der Waals surface area contributed by atoms with Gasteiger partial charge in [-0.3, -0.25) is 86.3 Å². The maximum absolute atomic E-state index is 13.9. The highest BCUT2D eigenvalue weighted by molar-refractivity contribution is 8.77. The van der Waals surface area contributed by atoms with Gasteiger partial charge in [-0.2, -0.15) is 0 Å². The lowest BCUT2D eigenvalue weighted by molar-refractivity contribution is -0.139. The summed E-state index contributed by atoms with van der Waals surface area (Å²) in [6.45, 7) is 40.1. The van der Waals surface area contributed by atoms with Crippen molar-refractivity contribution in [2.45, 2.75) is 341 Å². The summed E-state index contributed by atoms with van der Waals surface area (Å²) in [6, 6.07) is -7.35. The second-order valence-electron chi connectivity index (χ2n) is 39.0. The summed E-state index contributed by atoms with van der Waals surface area (Å²) in [7, 11) is 3.83. The van der Waals surface area contributed by atoms with Gasteiger partial charge in [-0.15, -0.1) is 0 Å². The minimum atomic E-state index is -1.78. The van der Waals surface area contributed by atoms with E-state index in [4.69, 9.17) is 33.2 Å². The van der Waals surface area contributed by atoms with Crippen LogP contribution in [-0.4, -0.2) is 300 Å². The van der Waals surface area contributed by atoms with Crippen molar-refractivity contribution in [1.29, 1.82) is 0 Å². The zero-order chi connectivity index (χ0) is 104. The van der Waals surface area contributed by atoms with Gasteiger partial charge in [0.05, 0.1) is 52.9 Å².